The Hall–Kier alpha value is -3.13. The normalized spacial score (nSPS) is 16.1. The molecule has 0 amide bonds. The Morgan fingerprint density at radius 2 is 1.79 bits per heavy atom. The van der Waals surface area contributed by atoms with Crippen LogP contribution in [0.1, 0.15) is 22.4 Å². The Balaban J connectivity index is 1.10. The molecule has 1 N–H and O–H groups in total. The minimum Gasteiger partial charge on any atom is -0.445 e. The van der Waals surface area contributed by atoms with Crippen LogP contribution in [0.4, 0.5) is 5.69 Å². The number of fused-ring (bicyclic) bond motifs is 1. The number of piperazine rings is 1. The van der Waals surface area contributed by atoms with Crippen LogP contribution >= 0.6 is 11.9 Å². The molecule has 34 heavy (non-hydrogen) atoms. The molecule has 1 fully saturated rings. The van der Waals surface area contributed by atoms with Crippen molar-refractivity contribution < 1.29 is 4.42 Å². The number of rotatable bonds is 6. The van der Waals surface area contributed by atoms with Crippen molar-refractivity contribution in [1.29, 1.82) is 0 Å². The summed E-state index contributed by atoms with van der Waals surface area (Å²) in [5.41, 5.74) is 7.47. The number of benzene rings is 2. The molecule has 4 heterocycles. The molecule has 0 saturated carbocycles. The molecule has 0 aliphatic carbocycles. The highest BCUT2D eigenvalue weighted by Gasteiger charge is 2.21. The lowest BCUT2D eigenvalue weighted by atomic mass is 10.1. The minimum absolute atomic E-state index is 0.655. The van der Waals surface area contributed by atoms with Crippen LogP contribution < -0.4 is 10.2 Å². The van der Waals surface area contributed by atoms with E-state index in [1.165, 1.54) is 27.3 Å². The van der Waals surface area contributed by atoms with Crippen molar-refractivity contribution in [3.8, 4) is 11.5 Å². The highest BCUT2D eigenvalue weighted by atomic mass is 32.2. The molecule has 0 radical (unpaired) electrons. The number of oxazole rings is 1. The predicted octanol–water partition coefficient (Wildman–Crippen LogP) is 4.76. The number of anilines is 1. The molecule has 0 bridgehead atoms. The third-order valence-corrected chi connectivity index (χ3v) is 7.38. The molecular formula is C27H27N5OS. The van der Waals surface area contributed by atoms with Gasteiger partial charge in [-0.15, -0.1) is 0 Å². The van der Waals surface area contributed by atoms with Crippen LogP contribution in [0, 0.1) is 0 Å². The fourth-order valence-corrected chi connectivity index (χ4v) is 5.59. The first-order chi connectivity index (χ1) is 16.8. The second-order valence-corrected chi connectivity index (χ2v) is 9.95. The smallest absolute Gasteiger partial charge is 0.225 e. The van der Waals surface area contributed by atoms with E-state index in [9.17, 15) is 0 Å². The van der Waals surface area contributed by atoms with Crippen LogP contribution in [0.5, 0.6) is 0 Å². The maximum Gasteiger partial charge on any atom is 0.225 e. The Morgan fingerprint density at radius 3 is 2.62 bits per heavy atom. The van der Waals surface area contributed by atoms with Crippen molar-refractivity contribution in [2.45, 2.75) is 24.4 Å². The summed E-state index contributed by atoms with van der Waals surface area (Å²) >= 11 is 1.79. The van der Waals surface area contributed by atoms with Crippen molar-refractivity contribution in [2.24, 2.45) is 0 Å². The zero-order chi connectivity index (χ0) is 22.7. The van der Waals surface area contributed by atoms with Crippen LogP contribution in [-0.2, 0) is 19.5 Å². The van der Waals surface area contributed by atoms with Crippen molar-refractivity contribution in [3.05, 3.63) is 95.6 Å². The van der Waals surface area contributed by atoms with Gasteiger partial charge in [-0.1, -0.05) is 12.1 Å². The van der Waals surface area contributed by atoms with E-state index in [1.54, 1.807) is 24.4 Å². The van der Waals surface area contributed by atoms with Crippen LogP contribution in [-0.4, -0.2) is 40.5 Å². The fraction of sp³-hybridized carbons (Fsp3) is 0.259. The van der Waals surface area contributed by atoms with Gasteiger partial charge in [-0.2, -0.15) is 0 Å². The summed E-state index contributed by atoms with van der Waals surface area (Å²) in [7, 11) is 0. The molecule has 2 aliphatic heterocycles. The first-order valence-corrected chi connectivity index (χ1v) is 12.5. The van der Waals surface area contributed by atoms with Gasteiger partial charge in [0.25, 0.3) is 0 Å². The van der Waals surface area contributed by atoms with E-state index < -0.39 is 0 Å². The number of pyridine rings is 1. The summed E-state index contributed by atoms with van der Waals surface area (Å²) in [6, 6.07) is 19.6. The molecule has 4 aromatic rings. The van der Waals surface area contributed by atoms with E-state index in [4.69, 9.17) is 9.40 Å². The summed E-state index contributed by atoms with van der Waals surface area (Å²) in [5, 5.41) is 3.43. The molecule has 0 unspecified atom stereocenters. The standard InChI is InChI=1S/C27H27N5OS/c1-2-20(15-25(3-1)31-11-8-28-9-12-31)14-24-16-22-18-32(19-23(22)17-30-24)34-26-6-4-21(5-7-26)27-29-10-13-33-27/h1-7,10,13,15-17,28H,8-9,11-12,14,18-19H2. The van der Waals surface area contributed by atoms with Gasteiger partial charge in [0, 0.05) is 73.7 Å². The Morgan fingerprint density at radius 1 is 0.941 bits per heavy atom. The molecule has 0 spiro atoms. The molecule has 2 aromatic carbocycles. The molecular weight excluding hydrogens is 442 g/mol. The first kappa shape index (κ1) is 21.4. The van der Waals surface area contributed by atoms with Crippen molar-refractivity contribution in [1.82, 2.24) is 19.6 Å². The average molecular weight is 470 g/mol. The summed E-state index contributed by atoms with van der Waals surface area (Å²) < 4.78 is 7.78. The quantitative estimate of drug-likeness (QED) is 0.409. The monoisotopic (exact) mass is 469 g/mol. The molecule has 6 rings (SSSR count). The lowest BCUT2D eigenvalue weighted by Crippen LogP contribution is -2.43. The van der Waals surface area contributed by atoms with E-state index in [0.717, 1.165) is 56.9 Å². The van der Waals surface area contributed by atoms with E-state index in [1.807, 2.05) is 0 Å². The van der Waals surface area contributed by atoms with Crippen LogP contribution in [0.3, 0.4) is 0 Å². The van der Waals surface area contributed by atoms with Crippen LogP contribution in [0.2, 0.25) is 0 Å². The summed E-state index contributed by atoms with van der Waals surface area (Å²) in [6.45, 7) is 6.07. The maximum atomic E-state index is 5.39. The van der Waals surface area contributed by atoms with Crippen molar-refractivity contribution >= 4 is 17.6 Å². The van der Waals surface area contributed by atoms with Gasteiger partial charge < -0.3 is 14.6 Å². The first-order valence-electron chi connectivity index (χ1n) is 11.7. The molecule has 6 nitrogen and oxygen atoms in total. The summed E-state index contributed by atoms with van der Waals surface area (Å²) in [5.74, 6) is 0.655. The maximum absolute atomic E-state index is 5.39. The fourth-order valence-electron chi connectivity index (χ4n) is 4.63. The minimum atomic E-state index is 0.655. The number of aromatic nitrogens is 2. The third-order valence-electron chi connectivity index (χ3n) is 6.38. The molecule has 2 aliphatic rings. The molecule has 172 valence electrons. The molecule has 0 atom stereocenters. The zero-order valence-electron chi connectivity index (χ0n) is 19.0. The second-order valence-electron chi connectivity index (χ2n) is 8.78. The van der Waals surface area contributed by atoms with E-state index in [2.05, 4.69) is 80.3 Å². The zero-order valence-corrected chi connectivity index (χ0v) is 19.8. The molecule has 1 saturated heterocycles. The molecule has 2 aromatic heterocycles. The predicted molar refractivity (Wildman–Crippen MR) is 136 cm³/mol. The summed E-state index contributed by atoms with van der Waals surface area (Å²) in [6.07, 6.45) is 6.20. The van der Waals surface area contributed by atoms with E-state index in [0.29, 0.717) is 5.89 Å². The van der Waals surface area contributed by atoms with Crippen LogP contribution in [0.25, 0.3) is 11.5 Å². The highest BCUT2D eigenvalue weighted by Crippen LogP contribution is 2.34. The van der Waals surface area contributed by atoms with Gasteiger partial charge >= 0.3 is 0 Å². The van der Waals surface area contributed by atoms with Gasteiger partial charge in [0.05, 0.1) is 6.20 Å². The second kappa shape index (κ2) is 9.62. The molecule has 7 heteroatoms. The Kier molecular flexibility index (Phi) is 6.06. The van der Waals surface area contributed by atoms with Gasteiger partial charge in [-0.05, 0) is 71.1 Å². The number of hydrogen-bond acceptors (Lipinski definition) is 7. The average Bonchev–Trinajstić information content (AvgIpc) is 3.55. The van der Waals surface area contributed by atoms with E-state index >= 15 is 0 Å². The van der Waals surface area contributed by atoms with Crippen molar-refractivity contribution in [3.63, 3.8) is 0 Å². The Bertz CT molecular complexity index is 1250. The largest absolute Gasteiger partial charge is 0.445 e. The topological polar surface area (TPSA) is 57.4 Å². The third kappa shape index (κ3) is 4.73. The van der Waals surface area contributed by atoms with Crippen LogP contribution in [0.15, 0.2) is 82.6 Å². The van der Waals surface area contributed by atoms with Gasteiger partial charge in [0.2, 0.25) is 5.89 Å². The number of nitrogens with zero attached hydrogens (tertiary/aromatic N) is 4. The van der Waals surface area contributed by atoms with Gasteiger partial charge in [-0.25, -0.2) is 9.29 Å². The SMILES string of the molecule is c1cc(Cc2cc3c(cn2)CN(Sc2ccc(-c4ncco4)cc2)C3)cc(N2CCNCC2)c1. The number of nitrogens with one attached hydrogen (secondary N) is 1. The lowest BCUT2D eigenvalue weighted by molar-refractivity contribution is 0.508. The van der Waals surface area contributed by atoms with E-state index in [-0.39, 0.29) is 0 Å². The number of hydrogen-bond donors (Lipinski definition) is 1. The van der Waals surface area contributed by atoms with Crippen molar-refractivity contribution in [2.75, 3.05) is 31.1 Å². The Labute approximate surface area is 204 Å². The van der Waals surface area contributed by atoms with Gasteiger partial charge in [-0.3, -0.25) is 4.98 Å². The summed E-state index contributed by atoms with van der Waals surface area (Å²) in [4.78, 5) is 12.7. The van der Waals surface area contributed by atoms with Gasteiger partial charge in [0.15, 0.2) is 0 Å². The van der Waals surface area contributed by atoms with Gasteiger partial charge in [0.1, 0.15) is 6.26 Å². The lowest BCUT2D eigenvalue weighted by Gasteiger charge is -2.29. The highest BCUT2D eigenvalue weighted by molar-refractivity contribution is 7.97.